The molecule has 2 N–H and O–H groups in total. The molecule has 1 aliphatic heterocycles. The summed E-state index contributed by atoms with van der Waals surface area (Å²) in [6, 6.07) is 7.99. The molecule has 0 spiro atoms. The second-order valence-corrected chi connectivity index (χ2v) is 7.45. The Morgan fingerprint density at radius 3 is 2.75 bits per heavy atom. The van der Waals surface area contributed by atoms with Crippen LogP contribution in [0.1, 0.15) is 29.6 Å². The highest BCUT2D eigenvalue weighted by Gasteiger charge is 2.35. The number of hydrogen-bond acceptors (Lipinski definition) is 5. The summed E-state index contributed by atoms with van der Waals surface area (Å²) < 4.78 is 7.79. The van der Waals surface area contributed by atoms with Crippen LogP contribution in [0.4, 0.5) is 0 Å². The molecular weight excluding hydrogens is 354 g/mol. The summed E-state index contributed by atoms with van der Waals surface area (Å²) in [6.45, 7) is 3.20. The highest BCUT2D eigenvalue weighted by Crippen LogP contribution is 2.26. The van der Waals surface area contributed by atoms with Gasteiger partial charge in [-0.15, -0.1) is 0 Å². The van der Waals surface area contributed by atoms with E-state index in [4.69, 9.17) is 10.2 Å². The van der Waals surface area contributed by atoms with E-state index in [9.17, 15) is 4.79 Å². The van der Waals surface area contributed by atoms with Crippen LogP contribution in [0.3, 0.4) is 0 Å². The zero-order chi connectivity index (χ0) is 19.7. The van der Waals surface area contributed by atoms with Crippen molar-refractivity contribution in [1.82, 2.24) is 19.4 Å². The molecule has 4 rings (SSSR count). The fourth-order valence-electron chi connectivity index (χ4n) is 3.69. The molecule has 1 saturated heterocycles. The Hall–Kier alpha value is -2.93. The van der Waals surface area contributed by atoms with Crippen molar-refractivity contribution in [1.29, 1.82) is 0 Å². The van der Waals surface area contributed by atoms with Gasteiger partial charge in [0.2, 0.25) is 5.91 Å². The van der Waals surface area contributed by atoms with Crippen LogP contribution in [0.15, 0.2) is 47.3 Å². The number of hydrogen-bond donors (Lipinski definition) is 1. The molecule has 2 atom stereocenters. The zero-order valence-corrected chi connectivity index (χ0v) is 16.2. The molecule has 0 bridgehead atoms. The summed E-state index contributed by atoms with van der Waals surface area (Å²) in [5, 5.41) is 0. The molecule has 146 valence electrons. The number of carbonyl (C=O) groups is 1. The summed E-state index contributed by atoms with van der Waals surface area (Å²) in [6.07, 6.45) is 6.21. The van der Waals surface area contributed by atoms with E-state index in [1.54, 1.807) is 12.4 Å². The third kappa shape index (κ3) is 3.71. The van der Waals surface area contributed by atoms with Gasteiger partial charge in [-0.05, 0) is 6.92 Å². The van der Waals surface area contributed by atoms with Crippen molar-refractivity contribution in [2.24, 2.45) is 12.8 Å². The molecular formula is C21H25N5O2. The molecule has 0 saturated carbocycles. The number of imidazole rings is 1. The van der Waals surface area contributed by atoms with Gasteiger partial charge in [-0.25, -0.2) is 9.97 Å². The first-order valence-corrected chi connectivity index (χ1v) is 9.53. The van der Waals surface area contributed by atoms with Crippen LogP contribution in [-0.2, 0) is 18.3 Å². The number of amides is 1. The van der Waals surface area contributed by atoms with Crippen molar-refractivity contribution in [3.05, 3.63) is 60.1 Å². The van der Waals surface area contributed by atoms with E-state index < -0.39 is 0 Å². The first kappa shape index (κ1) is 18.4. The number of aryl methyl sites for hydroxylation is 3. The summed E-state index contributed by atoms with van der Waals surface area (Å²) in [5.41, 5.74) is 8.46. The molecule has 0 radical (unpaired) electrons. The first-order chi connectivity index (χ1) is 13.5. The van der Waals surface area contributed by atoms with Crippen LogP contribution in [0, 0.1) is 6.92 Å². The van der Waals surface area contributed by atoms with E-state index in [-0.39, 0.29) is 17.9 Å². The van der Waals surface area contributed by atoms with Crippen LogP contribution in [0.5, 0.6) is 0 Å². The summed E-state index contributed by atoms with van der Waals surface area (Å²) in [5.74, 6) is 2.37. The molecule has 0 unspecified atom stereocenters. The minimum Gasteiger partial charge on any atom is -0.441 e. The second kappa shape index (κ2) is 7.59. The molecule has 1 aromatic carbocycles. The van der Waals surface area contributed by atoms with E-state index in [1.165, 1.54) is 5.56 Å². The molecule has 3 aromatic rings. The molecule has 3 heterocycles. The average Bonchev–Trinajstić information content (AvgIpc) is 3.40. The van der Waals surface area contributed by atoms with Gasteiger partial charge in [0.1, 0.15) is 5.82 Å². The Kier molecular flexibility index (Phi) is 5.00. The normalized spacial score (nSPS) is 19.3. The Balaban J connectivity index is 1.35. The van der Waals surface area contributed by atoms with Crippen molar-refractivity contribution in [2.75, 3.05) is 13.1 Å². The van der Waals surface area contributed by atoms with Crippen molar-refractivity contribution >= 4 is 5.91 Å². The SMILES string of the molecule is Cc1ccc(-c2cnc(CCC(=O)N3C[C@@H](N)[C@H](c4nccn4C)C3)o2)cc1. The number of oxazole rings is 1. The summed E-state index contributed by atoms with van der Waals surface area (Å²) in [7, 11) is 1.95. The van der Waals surface area contributed by atoms with Gasteiger partial charge in [-0.1, -0.05) is 29.8 Å². The Bertz CT molecular complexity index is 959. The topological polar surface area (TPSA) is 90.2 Å². The van der Waals surface area contributed by atoms with Crippen LogP contribution in [0.2, 0.25) is 0 Å². The summed E-state index contributed by atoms with van der Waals surface area (Å²) in [4.78, 5) is 23.2. The Morgan fingerprint density at radius 1 is 1.25 bits per heavy atom. The molecule has 1 fully saturated rings. The van der Waals surface area contributed by atoms with E-state index in [0.29, 0.717) is 31.8 Å². The third-order valence-corrected chi connectivity index (χ3v) is 5.35. The predicted molar refractivity (Wildman–Crippen MR) is 106 cm³/mol. The lowest BCUT2D eigenvalue weighted by Gasteiger charge is -2.15. The number of nitrogens with two attached hydrogens (primary N) is 1. The van der Waals surface area contributed by atoms with Crippen molar-refractivity contribution in [2.45, 2.75) is 31.7 Å². The maximum atomic E-state index is 12.7. The van der Waals surface area contributed by atoms with Gasteiger partial charge in [-0.2, -0.15) is 0 Å². The van der Waals surface area contributed by atoms with Crippen LogP contribution in [0.25, 0.3) is 11.3 Å². The number of carbonyl (C=O) groups excluding carboxylic acids is 1. The predicted octanol–water partition coefficient (Wildman–Crippen LogP) is 2.27. The van der Waals surface area contributed by atoms with Gasteiger partial charge in [0.25, 0.3) is 0 Å². The van der Waals surface area contributed by atoms with Gasteiger partial charge >= 0.3 is 0 Å². The first-order valence-electron chi connectivity index (χ1n) is 9.53. The van der Waals surface area contributed by atoms with E-state index >= 15 is 0 Å². The monoisotopic (exact) mass is 379 g/mol. The lowest BCUT2D eigenvalue weighted by Crippen LogP contribution is -2.32. The third-order valence-electron chi connectivity index (χ3n) is 5.35. The molecule has 1 aliphatic rings. The molecule has 28 heavy (non-hydrogen) atoms. The minimum atomic E-state index is -0.0973. The van der Waals surface area contributed by atoms with E-state index in [0.717, 1.165) is 17.1 Å². The number of likely N-dealkylation sites (tertiary alicyclic amines) is 1. The Morgan fingerprint density at radius 2 is 2.04 bits per heavy atom. The number of rotatable bonds is 5. The van der Waals surface area contributed by atoms with Crippen molar-refractivity contribution in [3.63, 3.8) is 0 Å². The minimum absolute atomic E-state index is 0.0684. The van der Waals surface area contributed by atoms with Crippen LogP contribution >= 0.6 is 0 Å². The lowest BCUT2D eigenvalue weighted by atomic mass is 10.0. The van der Waals surface area contributed by atoms with Gasteiger partial charge in [0, 0.05) is 57.0 Å². The molecule has 1 amide bonds. The number of benzene rings is 1. The smallest absolute Gasteiger partial charge is 0.223 e. The highest BCUT2D eigenvalue weighted by molar-refractivity contribution is 5.77. The standard InChI is InChI=1S/C21H25N5O2/c1-14-3-5-15(6-4-14)18-11-24-19(28-18)7-8-20(27)26-12-16(17(22)13-26)21-23-9-10-25(21)2/h3-6,9-11,16-17H,7-8,12-13,22H2,1-2H3/t16-,17-/m1/s1. The molecule has 7 nitrogen and oxygen atoms in total. The van der Waals surface area contributed by atoms with Crippen LogP contribution in [-0.4, -0.2) is 44.5 Å². The lowest BCUT2D eigenvalue weighted by molar-refractivity contribution is -0.130. The zero-order valence-electron chi connectivity index (χ0n) is 16.2. The second-order valence-electron chi connectivity index (χ2n) is 7.45. The van der Waals surface area contributed by atoms with Gasteiger partial charge in [0.05, 0.1) is 12.1 Å². The van der Waals surface area contributed by atoms with E-state index in [1.807, 2.05) is 53.9 Å². The summed E-state index contributed by atoms with van der Waals surface area (Å²) >= 11 is 0. The fourth-order valence-corrected chi connectivity index (χ4v) is 3.69. The van der Waals surface area contributed by atoms with Crippen LogP contribution < -0.4 is 5.73 Å². The van der Waals surface area contributed by atoms with E-state index in [2.05, 4.69) is 9.97 Å². The quantitative estimate of drug-likeness (QED) is 0.734. The maximum Gasteiger partial charge on any atom is 0.223 e. The molecule has 2 aromatic heterocycles. The molecule has 0 aliphatic carbocycles. The maximum absolute atomic E-state index is 12.7. The van der Waals surface area contributed by atoms with Gasteiger partial charge < -0.3 is 19.6 Å². The van der Waals surface area contributed by atoms with Gasteiger partial charge in [0.15, 0.2) is 11.7 Å². The largest absolute Gasteiger partial charge is 0.441 e. The average molecular weight is 379 g/mol. The number of aromatic nitrogens is 3. The fraction of sp³-hybridized carbons (Fsp3) is 0.381. The number of nitrogens with zero attached hydrogens (tertiary/aromatic N) is 4. The Labute approximate surface area is 164 Å². The van der Waals surface area contributed by atoms with Gasteiger partial charge in [-0.3, -0.25) is 4.79 Å². The molecule has 7 heteroatoms. The van der Waals surface area contributed by atoms with Crippen molar-refractivity contribution in [3.8, 4) is 11.3 Å². The van der Waals surface area contributed by atoms with Crippen molar-refractivity contribution < 1.29 is 9.21 Å². The highest BCUT2D eigenvalue weighted by atomic mass is 16.4.